The molecule has 2 aromatic carbocycles. The van der Waals surface area contributed by atoms with Crippen molar-refractivity contribution in [2.45, 2.75) is 16.4 Å². The quantitative estimate of drug-likeness (QED) is 0.501. The van der Waals surface area contributed by atoms with Gasteiger partial charge in [0.25, 0.3) is 0 Å². The summed E-state index contributed by atoms with van der Waals surface area (Å²) in [5.74, 6) is -0.449. The van der Waals surface area contributed by atoms with Crippen LogP contribution in [0.5, 0.6) is 11.5 Å². The summed E-state index contributed by atoms with van der Waals surface area (Å²) in [6, 6.07) is 7.98. The third-order valence-corrected chi connectivity index (χ3v) is 6.96. The lowest BCUT2D eigenvalue weighted by molar-refractivity contribution is 0.281. The Morgan fingerprint density at radius 1 is 0.957 bits per heavy atom. The lowest BCUT2D eigenvalue weighted by Crippen LogP contribution is -2.22. The molecule has 0 saturated carbocycles. The number of aliphatic hydroxyl groups excluding tert-OH is 1. The summed E-state index contributed by atoms with van der Waals surface area (Å²) in [5, 5.41) is 9.23. The molecule has 122 valence electrons. The van der Waals surface area contributed by atoms with Crippen molar-refractivity contribution in [2.24, 2.45) is 0 Å². The molecule has 0 bridgehead atoms. The maximum absolute atomic E-state index is 12.5. The van der Waals surface area contributed by atoms with Crippen LogP contribution >= 0.6 is 22.6 Å². The van der Waals surface area contributed by atoms with Crippen LogP contribution in [0.25, 0.3) is 0 Å². The fourth-order valence-electron chi connectivity index (χ4n) is 2.05. The average molecular weight is 468 g/mol. The third-order valence-electron chi connectivity index (χ3n) is 3.02. The number of fused-ring (bicyclic) bond motifs is 2. The van der Waals surface area contributed by atoms with Crippen molar-refractivity contribution in [2.75, 3.05) is 0 Å². The van der Waals surface area contributed by atoms with Crippen molar-refractivity contribution in [1.29, 1.82) is 0 Å². The van der Waals surface area contributed by atoms with E-state index in [4.69, 9.17) is 8.37 Å². The summed E-state index contributed by atoms with van der Waals surface area (Å²) < 4.78 is 60.1. The Bertz CT molecular complexity index is 997. The Morgan fingerprint density at radius 3 is 2.09 bits per heavy atom. The molecule has 7 nitrogen and oxygen atoms in total. The largest absolute Gasteiger partial charge is 0.392 e. The van der Waals surface area contributed by atoms with Crippen LogP contribution in [0.4, 0.5) is 0 Å². The Labute approximate surface area is 146 Å². The Kier molecular flexibility index (Phi) is 4.02. The lowest BCUT2D eigenvalue weighted by Gasteiger charge is -2.19. The number of benzene rings is 2. The molecule has 0 aromatic heterocycles. The molecule has 0 aliphatic carbocycles. The van der Waals surface area contributed by atoms with Gasteiger partial charge in [-0.3, -0.25) is 0 Å². The minimum atomic E-state index is -4.42. The molecular formula is C13H9IO7S2. The van der Waals surface area contributed by atoms with Crippen molar-refractivity contribution >= 4 is 42.8 Å². The van der Waals surface area contributed by atoms with Gasteiger partial charge in [-0.25, -0.2) is 0 Å². The Hall–Kier alpha value is -1.37. The summed E-state index contributed by atoms with van der Waals surface area (Å²) in [6.45, 7) is -0.448. The summed E-state index contributed by atoms with van der Waals surface area (Å²) in [5.41, 5.74) is 0.240. The molecule has 0 fully saturated rings. The Balaban J connectivity index is 2.39. The van der Waals surface area contributed by atoms with Crippen molar-refractivity contribution in [3.63, 3.8) is 0 Å². The second-order valence-electron chi connectivity index (χ2n) is 4.58. The van der Waals surface area contributed by atoms with Gasteiger partial charge in [-0.2, -0.15) is 16.8 Å². The highest BCUT2D eigenvalue weighted by Gasteiger charge is 2.36. The van der Waals surface area contributed by atoms with Gasteiger partial charge < -0.3 is 13.5 Å². The zero-order chi connectivity index (χ0) is 16.8. The van der Waals surface area contributed by atoms with Crippen LogP contribution < -0.4 is 8.37 Å². The summed E-state index contributed by atoms with van der Waals surface area (Å²) >= 11 is 1.67. The van der Waals surface area contributed by atoms with Gasteiger partial charge in [0.15, 0.2) is 11.5 Å². The van der Waals surface area contributed by atoms with Gasteiger partial charge in [0.2, 0.25) is 0 Å². The molecule has 2 aromatic rings. The molecule has 1 aliphatic rings. The standard InChI is InChI=1S/C13H9IO7S2/c14-9-5-8(7-15)6-12-13(9)23(18,19)21-11-4-2-1-3-10(11)20-22(12,16)17/h1-6,15H,7H2. The van der Waals surface area contributed by atoms with Crippen LogP contribution in [0.15, 0.2) is 46.2 Å². The van der Waals surface area contributed by atoms with E-state index in [1.54, 1.807) is 22.6 Å². The molecule has 0 amide bonds. The molecule has 1 aliphatic heterocycles. The van der Waals surface area contributed by atoms with E-state index in [0.717, 1.165) is 6.07 Å². The van der Waals surface area contributed by atoms with Gasteiger partial charge in [0.1, 0.15) is 9.79 Å². The molecule has 0 saturated heterocycles. The summed E-state index contributed by atoms with van der Waals surface area (Å²) in [4.78, 5) is -1.08. The van der Waals surface area contributed by atoms with Gasteiger partial charge in [-0.15, -0.1) is 0 Å². The zero-order valence-corrected chi connectivity index (χ0v) is 15.1. The molecule has 1 heterocycles. The summed E-state index contributed by atoms with van der Waals surface area (Å²) in [6.07, 6.45) is 0. The minimum Gasteiger partial charge on any atom is -0.392 e. The fourth-order valence-corrected chi connectivity index (χ4v) is 6.50. The monoisotopic (exact) mass is 468 g/mol. The van der Waals surface area contributed by atoms with E-state index in [0.29, 0.717) is 0 Å². The van der Waals surface area contributed by atoms with E-state index in [1.165, 1.54) is 30.3 Å². The van der Waals surface area contributed by atoms with E-state index in [1.807, 2.05) is 0 Å². The zero-order valence-electron chi connectivity index (χ0n) is 11.3. The SMILES string of the molecule is O=S1(=O)Oc2ccccc2OS(=O)(=O)c2c(I)cc(CO)cc21. The number of aliphatic hydroxyl groups is 1. The van der Waals surface area contributed by atoms with E-state index < -0.39 is 36.6 Å². The molecule has 0 spiro atoms. The van der Waals surface area contributed by atoms with Crippen molar-refractivity contribution in [3.8, 4) is 11.5 Å². The van der Waals surface area contributed by atoms with Crippen LogP contribution in [0, 0.1) is 3.57 Å². The maximum Gasteiger partial charge on any atom is 0.341 e. The van der Waals surface area contributed by atoms with Crippen molar-refractivity contribution in [3.05, 3.63) is 45.5 Å². The molecule has 0 radical (unpaired) electrons. The predicted octanol–water partition coefficient (Wildman–Crippen LogP) is 1.63. The first-order chi connectivity index (χ1) is 10.7. The highest BCUT2D eigenvalue weighted by molar-refractivity contribution is 14.1. The number of hydrogen-bond donors (Lipinski definition) is 1. The highest BCUT2D eigenvalue weighted by Crippen LogP contribution is 2.38. The van der Waals surface area contributed by atoms with E-state index in [9.17, 15) is 21.9 Å². The fraction of sp³-hybridized carbons (Fsp3) is 0.0769. The van der Waals surface area contributed by atoms with E-state index in [2.05, 4.69) is 0 Å². The molecule has 23 heavy (non-hydrogen) atoms. The van der Waals surface area contributed by atoms with Crippen LogP contribution in [0.1, 0.15) is 5.56 Å². The van der Waals surface area contributed by atoms with E-state index in [-0.39, 0.29) is 20.6 Å². The van der Waals surface area contributed by atoms with Gasteiger partial charge in [0.05, 0.1) is 6.61 Å². The van der Waals surface area contributed by atoms with Gasteiger partial charge >= 0.3 is 20.2 Å². The van der Waals surface area contributed by atoms with Crippen LogP contribution in [-0.2, 0) is 26.8 Å². The number of halogens is 1. The first-order valence-electron chi connectivity index (χ1n) is 6.16. The first-order valence-corrected chi connectivity index (χ1v) is 10.1. The highest BCUT2D eigenvalue weighted by atomic mass is 127. The smallest absolute Gasteiger partial charge is 0.341 e. The minimum absolute atomic E-state index is 0.107. The molecule has 0 atom stereocenters. The topological polar surface area (TPSA) is 107 Å². The van der Waals surface area contributed by atoms with Crippen molar-refractivity contribution < 1.29 is 30.3 Å². The average Bonchev–Trinajstić information content (AvgIpc) is 2.46. The third kappa shape index (κ3) is 2.91. The number of hydrogen-bond acceptors (Lipinski definition) is 7. The Morgan fingerprint density at radius 2 is 1.52 bits per heavy atom. The van der Waals surface area contributed by atoms with Crippen LogP contribution in [0.2, 0.25) is 0 Å². The van der Waals surface area contributed by atoms with Crippen LogP contribution in [-0.4, -0.2) is 21.9 Å². The second kappa shape index (κ2) is 5.61. The van der Waals surface area contributed by atoms with E-state index >= 15 is 0 Å². The van der Waals surface area contributed by atoms with Gasteiger partial charge in [-0.05, 0) is 52.4 Å². The lowest BCUT2D eigenvalue weighted by atomic mass is 10.2. The first kappa shape index (κ1) is 16.5. The molecular weight excluding hydrogens is 459 g/mol. The molecule has 3 rings (SSSR count). The van der Waals surface area contributed by atoms with Gasteiger partial charge in [0, 0.05) is 3.57 Å². The molecule has 1 N–H and O–H groups in total. The van der Waals surface area contributed by atoms with Crippen LogP contribution in [0.3, 0.4) is 0 Å². The van der Waals surface area contributed by atoms with Gasteiger partial charge in [-0.1, -0.05) is 12.1 Å². The predicted molar refractivity (Wildman–Crippen MR) is 87.2 cm³/mol. The number of para-hydroxylation sites is 2. The maximum atomic E-state index is 12.5. The second-order valence-corrected chi connectivity index (χ2v) is 8.74. The normalized spacial score (nSPS) is 17.7. The summed E-state index contributed by atoms with van der Waals surface area (Å²) in [7, 11) is -8.81. The van der Waals surface area contributed by atoms with Crippen molar-refractivity contribution in [1.82, 2.24) is 0 Å². The molecule has 0 unspecified atom stereocenters. The molecule has 10 heteroatoms. The number of rotatable bonds is 1.